The fraction of sp³-hybridized carbons (Fsp3) is 0.467. The highest BCUT2D eigenvalue weighted by Gasteiger charge is 2.31. The first-order chi connectivity index (χ1) is 9.56. The van der Waals surface area contributed by atoms with E-state index in [1.54, 1.807) is 0 Å². The SMILES string of the molecule is C=CC(=O)N1CCN(C(=O)c2cc(C)cs2)C[C@H]1CC. The third kappa shape index (κ3) is 2.93. The van der Waals surface area contributed by atoms with Crippen molar-refractivity contribution in [2.24, 2.45) is 0 Å². The molecule has 0 N–H and O–H groups in total. The van der Waals surface area contributed by atoms with Gasteiger partial charge in [0.2, 0.25) is 5.91 Å². The summed E-state index contributed by atoms with van der Waals surface area (Å²) in [6, 6.07) is 2.01. The second-order valence-electron chi connectivity index (χ2n) is 5.04. The lowest BCUT2D eigenvalue weighted by Gasteiger charge is -2.40. The lowest BCUT2D eigenvalue weighted by molar-refractivity contribution is -0.130. The van der Waals surface area contributed by atoms with E-state index in [4.69, 9.17) is 0 Å². The van der Waals surface area contributed by atoms with Gasteiger partial charge >= 0.3 is 0 Å². The predicted molar refractivity (Wildman–Crippen MR) is 80.9 cm³/mol. The van der Waals surface area contributed by atoms with E-state index in [1.165, 1.54) is 17.4 Å². The molecule has 4 nitrogen and oxygen atoms in total. The number of carbonyl (C=O) groups excluding carboxylic acids is 2. The molecular weight excluding hydrogens is 272 g/mol. The van der Waals surface area contributed by atoms with Gasteiger partial charge in [-0.15, -0.1) is 11.3 Å². The van der Waals surface area contributed by atoms with E-state index in [0.29, 0.717) is 19.6 Å². The molecule has 0 radical (unpaired) electrons. The van der Waals surface area contributed by atoms with Crippen LogP contribution in [0.2, 0.25) is 0 Å². The fourth-order valence-electron chi connectivity index (χ4n) is 2.50. The van der Waals surface area contributed by atoms with Crippen LogP contribution in [0, 0.1) is 6.92 Å². The van der Waals surface area contributed by atoms with Crippen LogP contribution in [0.3, 0.4) is 0 Å². The van der Waals surface area contributed by atoms with Crippen molar-refractivity contribution >= 4 is 23.2 Å². The number of piperazine rings is 1. The summed E-state index contributed by atoms with van der Waals surface area (Å²) < 4.78 is 0. The maximum absolute atomic E-state index is 12.4. The van der Waals surface area contributed by atoms with Crippen LogP contribution in [-0.4, -0.2) is 47.3 Å². The Labute approximate surface area is 123 Å². The maximum atomic E-state index is 12.4. The molecule has 2 rings (SSSR count). The normalized spacial score (nSPS) is 19.0. The molecule has 0 spiro atoms. The summed E-state index contributed by atoms with van der Waals surface area (Å²) in [4.78, 5) is 28.7. The van der Waals surface area contributed by atoms with E-state index in [0.717, 1.165) is 16.9 Å². The maximum Gasteiger partial charge on any atom is 0.264 e. The van der Waals surface area contributed by atoms with E-state index in [9.17, 15) is 9.59 Å². The summed E-state index contributed by atoms with van der Waals surface area (Å²) >= 11 is 1.48. The Balaban J connectivity index is 2.08. The molecule has 1 atom stereocenters. The number of carbonyl (C=O) groups is 2. The first kappa shape index (κ1) is 14.8. The molecule has 0 saturated carbocycles. The first-order valence-corrected chi connectivity index (χ1v) is 7.72. The number of aryl methyl sites for hydroxylation is 1. The molecule has 1 aromatic rings. The molecule has 0 aromatic carbocycles. The molecule has 1 aromatic heterocycles. The van der Waals surface area contributed by atoms with Crippen LogP contribution in [-0.2, 0) is 4.79 Å². The highest BCUT2D eigenvalue weighted by Crippen LogP contribution is 2.20. The van der Waals surface area contributed by atoms with Crippen molar-refractivity contribution in [3.05, 3.63) is 34.5 Å². The quantitative estimate of drug-likeness (QED) is 0.802. The van der Waals surface area contributed by atoms with Gasteiger partial charge in [-0.2, -0.15) is 0 Å². The van der Waals surface area contributed by atoms with Crippen LogP contribution in [0.4, 0.5) is 0 Å². The summed E-state index contributed by atoms with van der Waals surface area (Å²) in [6.07, 6.45) is 2.19. The van der Waals surface area contributed by atoms with Gasteiger partial charge in [0.15, 0.2) is 0 Å². The largest absolute Gasteiger partial charge is 0.334 e. The van der Waals surface area contributed by atoms with Crippen molar-refractivity contribution in [3.8, 4) is 0 Å². The van der Waals surface area contributed by atoms with Gasteiger partial charge in [-0.25, -0.2) is 0 Å². The van der Waals surface area contributed by atoms with Gasteiger partial charge in [0.1, 0.15) is 0 Å². The minimum absolute atomic E-state index is 0.0454. The minimum atomic E-state index is -0.0454. The standard InChI is InChI=1S/C15H20N2O2S/c1-4-12-9-16(6-7-17(12)14(18)5-2)15(19)13-8-11(3)10-20-13/h5,8,10,12H,2,4,6-7,9H2,1,3H3/t12-/m1/s1. The van der Waals surface area contributed by atoms with Crippen molar-refractivity contribution < 1.29 is 9.59 Å². The lowest BCUT2D eigenvalue weighted by Crippen LogP contribution is -2.55. The van der Waals surface area contributed by atoms with Crippen LogP contribution in [0.15, 0.2) is 24.1 Å². The zero-order valence-electron chi connectivity index (χ0n) is 12.0. The molecule has 5 heteroatoms. The molecule has 1 fully saturated rings. The Bertz CT molecular complexity index is 524. The molecule has 2 amide bonds. The van der Waals surface area contributed by atoms with Gasteiger partial charge in [-0.1, -0.05) is 13.5 Å². The van der Waals surface area contributed by atoms with E-state index in [1.807, 2.05) is 35.1 Å². The third-order valence-corrected chi connectivity index (χ3v) is 4.68. The number of amides is 2. The van der Waals surface area contributed by atoms with E-state index in [2.05, 4.69) is 6.58 Å². The van der Waals surface area contributed by atoms with Gasteiger partial charge in [0, 0.05) is 25.7 Å². The summed E-state index contributed by atoms with van der Waals surface area (Å²) in [6.45, 7) is 9.34. The van der Waals surface area contributed by atoms with Gasteiger partial charge in [0.25, 0.3) is 5.91 Å². The molecule has 0 bridgehead atoms. The molecule has 0 unspecified atom stereocenters. The Kier molecular flexibility index (Phi) is 4.60. The van der Waals surface area contributed by atoms with Gasteiger partial charge < -0.3 is 9.80 Å². The van der Waals surface area contributed by atoms with Crippen molar-refractivity contribution in [1.29, 1.82) is 0 Å². The highest BCUT2D eigenvalue weighted by molar-refractivity contribution is 7.12. The zero-order chi connectivity index (χ0) is 14.7. The smallest absolute Gasteiger partial charge is 0.264 e. The minimum Gasteiger partial charge on any atom is -0.334 e. The van der Waals surface area contributed by atoms with Gasteiger partial charge in [0.05, 0.1) is 4.88 Å². The van der Waals surface area contributed by atoms with E-state index < -0.39 is 0 Å². The van der Waals surface area contributed by atoms with Crippen LogP contribution in [0.5, 0.6) is 0 Å². The van der Waals surface area contributed by atoms with Gasteiger partial charge in [-0.3, -0.25) is 9.59 Å². The van der Waals surface area contributed by atoms with E-state index >= 15 is 0 Å². The molecule has 108 valence electrons. The Hall–Kier alpha value is -1.62. The van der Waals surface area contributed by atoms with Crippen molar-refractivity contribution in [3.63, 3.8) is 0 Å². The second-order valence-corrected chi connectivity index (χ2v) is 5.95. The summed E-state index contributed by atoms with van der Waals surface area (Å²) in [5.74, 6) is 0.0307. The second kappa shape index (κ2) is 6.22. The van der Waals surface area contributed by atoms with Crippen molar-refractivity contribution in [2.45, 2.75) is 26.3 Å². The van der Waals surface area contributed by atoms with Crippen LogP contribution in [0.1, 0.15) is 28.6 Å². The first-order valence-electron chi connectivity index (χ1n) is 6.84. The number of nitrogens with zero attached hydrogens (tertiary/aromatic N) is 2. The van der Waals surface area contributed by atoms with Crippen molar-refractivity contribution in [1.82, 2.24) is 9.80 Å². The number of rotatable bonds is 3. The zero-order valence-corrected chi connectivity index (χ0v) is 12.8. The monoisotopic (exact) mass is 292 g/mol. The number of hydrogen-bond acceptors (Lipinski definition) is 3. The van der Waals surface area contributed by atoms with E-state index in [-0.39, 0.29) is 17.9 Å². The summed E-state index contributed by atoms with van der Waals surface area (Å²) in [5, 5.41) is 1.99. The summed E-state index contributed by atoms with van der Waals surface area (Å²) in [7, 11) is 0. The van der Waals surface area contributed by atoms with Gasteiger partial charge in [-0.05, 0) is 36.4 Å². The van der Waals surface area contributed by atoms with Crippen LogP contribution in [0.25, 0.3) is 0 Å². The Morgan fingerprint density at radius 2 is 2.25 bits per heavy atom. The molecule has 0 aliphatic carbocycles. The average molecular weight is 292 g/mol. The van der Waals surface area contributed by atoms with Crippen LogP contribution < -0.4 is 0 Å². The highest BCUT2D eigenvalue weighted by atomic mass is 32.1. The topological polar surface area (TPSA) is 40.6 Å². The Morgan fingerprint density at radius 1 is 1.50 bits per heavy atom. The molecular formula is C15H20N2O2S. The molecule has 1 aliphatic rings. The average Bonchev–Trinajstić information content (AvgIpc) is 2.91. The lowest BCUT2D eigenvalue weighted by atomic mass is 10.1. The fourth-order valence-corrected chi connectivity index (χ4v) is 3.36. The third-order valence-electron chi connectivity index (χ3n) is 3.64. The predicted octanol–water partition coefficient (Wildman–Crippen LogP) is 2.31. The number of hydrogen-bond donors (Lipinski definition) is 0. The molecule has 1 aliphatic heterocycles. The summed E-state index contributed by atoms with van der Waals surface area (Å²) in [5.41, 5.74) is 1.12. The molecule has 2 heterocycles. The number of thiophene rings is 1. The van der Waals surface area contributed by atoms with Crippen molar-refractivity contribution in [2.75, 3.05) is 19.6 Å². The molecule has 20 heavy (non-hydrogen) atoms. The Morgan fingerprint density at radius 3 is 2.80 bits per heavy atom. The molecule has 1 saturated heterocycles. The van der Waals surface area contributed by atoms with Crippen LogP contribution >= 0.6 is 11.3 Å².